The van der Waals surface area contributed by atoms with Crippen LogP contribution in [0.2, 0.25) is 5.02 Å². The minimum Gasteiger partial charge on any atom is -0.396 e. The number of amides is 1. The van der Waals surface area contributed by atoms with E-state index in [0.29, 0.717) is 20.7 Å². The Kier molecular flexibility index (Phi) is 4.07. The predicted octanol–water partition coefficient (Wildman–Crippen LogP) is 4.08. The van der Waals surface area contributed by atoms with Gasteiger partial charge in [-0.2, -0.15) is 0 Å². The maximum atomic E-state index is 13.0. The van der Waals surface area contributed by atoms with Crippen molar-refractivity contribution >= 4 is 44.8 Å². The standard InChI is InChI=1S/C13H9BrClFN2O/c14-9-3-1-2-8(12(9)15)13(19)18-7-4-5-10(16)11(17)6-7/h1-6H,17H2,(H,18,19). The molecule has 98 valence electrons. The van der Waals surface area contributed by atoms with Crippen LogP contribution in [0.25, 0.3) is 0 Å². The summed E-state index contributed by atoms with van der Waals surface area (Å²) in [6, 6.07) is 8.98. The van der Waals surface area contributed by atoms with Crippen molar-refractivity contribution < 1.29 is 9.18 Å². The largest absolute Gasteiger partial charge is 0.396 e. The first-order valence-corrected chi connectivity index (χ1v) is 6.46. The zero-order chi connectivity index (χ0) is 14.0. The van der Waals surface area contributed by atoms with Gasteiger partial charge in [0.2, 0.25) is 0 Å². The number of carbonyl (C=O) groups is 1. The molecule has 0 unspecified atom stereocenters. The van der Waals surface area contributed by atoms with Crippen LogP contribution >= 0.6 is 27.5 Å². The van der Waals surface area contributed by atoms with Crippen LogP contribution in [-0.4, -0.2) is 5.91 Å². The highest BCUT2D eigenvalue weighted by molar-refractivity contribution is 9.10. The van der Waals surface area contributed by atoms with Crippen LogP contribution in [0.4, 0.5) is 15.8 Å². The predicted molar refractivity (Wildman–Crippen MR) is 77.9 cm³/mol. The number of anilines is 2. The second-order valence-electron chi connectivity index (χ2n) is 3.79. The first kappa shape index (κ1) is 13.8. The van der Waals surface area contributed by atoms with Crippen LogP contribution in [0.5, 0.6) is 0 Å². The Bertz CT molecular complexity index is 649. The first-order valence-electron chi connectivity index (χ1n) is 5.29. The summed E-state index contributed by atoms with van der Waals surface area (Å²) in [4.78, 5) is 12.0. The van der Waals surface area contributed by atoms with E-state index in [4.69, 9.17) is 17.3 Å². The van der Waals surface area contributed by atoms with Crippen molar-refractivity contribution in [3.8, 4) is 0 Å². The average molecular weight is 344 g/mol. The molecule has 3 nitrogen and oxygen atoms in total. The van der Waals surface area contributed by atoms with Crippen LogP contribution < -0.4 is 11.1 Å². The average Bonchev–Trinajstić information content (AvgIpc) is 2.37. The highest BCUT2D eigenvalue weighted by Crippen LogP contribution is 2.27. The molecule has 0 saturated heterocycles. The van der Waals surface area contributed by atoms with E-state index >= 15 is 0 Å². The van der Waals surface area contributed by atoms with Gasteiger partial charge in [-0.25, -0.2) is 4.39 Å². The molecule has 0 aliphatic rings. The summed E-state index contributed by atoms with van der Waals surface area (Å²) < 4.78 is 13.6. The summed E-state index contributed by atoms with van der Waals surface area (Å²) >= 11 is 9.26. The minimum atomic E-state index is -0.529. The van der Waals surface area contributed by atoms with Gasteiger partial charge in [0.05, 0.1) is 16.3 Å². The molecule has 0 atom stereocenters. The van der Waals surface area contributed by atoms with E-state index in [-0.39, 0.29) is 5.69 Å². The van der Waals surface area contributed by atoms with Gasteiger partial charge in [0.15, 0.2) is 0 Å². The van der Waals surface area contributed by atoms with Gasteiger partial charge in [0.25, 0.3) is 5.91 Å². The van der Waals surface area contributed by atoms with Gasteiger partial charge in [-0.05, 0) is 46.3 Å². The van der Waals surface area contributed by atoms with Crippen LogP contribution in [0.3, 0.4) is 0 Å². The third kappa shape index (κ3) is 3.05. The summed E-state index contributed by atoms with van der Waals surface area (Å²) in [7, 11) is 0. The van der Waals surface area contributed by atoms with Gasteiger partial charge in [0, 0.05) is 10.2 Å². The van der Waals surface area contributed by atoms with E-state index in [1.165, 1.54) is 18.2 Å². The molecule has 2 aromatic carbocycles. The third-order valence-electron chi connectivity index (χ3n) is 2.45. The zero-order valence-electron chi connectivity index (χ0n) is 9.58. The fourth-order valence-corrected chi connectivity index (χ4v) is 2.08. The van der Waals surface area contributed by atoms with Crippen LogP contribution in [0.1, 0.15) is 10.4 Å². The van der Waals surface area contributed by atoms with Gasteiger partial charge in [-0.15, -0.1) is 0 Å². The van der Waals surface area contributed by atoms with Crippen molar-refractivity contribution in [3.05, 3.63) is 57.3 Å². The Morgan fingerprint density at radius 1 is 1.32 bits per heavy atom. The van der Waals surface area contributed by atoms with Crippen LogP contribution in [0, 0.1) is 5.82 Å². The summed E-state index contributed by atoms with van der Waals surface area (Å²) in [5.74, 6) is -0.921. The molecular weight excluding hydrogens is 335 g/mol. The molecule has 0 aromatic heterocycles. The number of carbonyl (C=O) groups excluding carboxylic acids is 1. The molecule has 1 amide bonds. The quantitative estimate of drug-likeness (QED) is 0.807. The van der Waals surface area contributed by atoms with Crippen molar-refractivity contribution in [2.24, 2.45) is 0 Å². The summed E-state index contributed by atoms with van der Waals surface area (Å²) in [6.07, 6.45) is 0. The van der Waals surface area contributed by atoms with Gasteiger partial charge in [0.1, 0.15) is 5.82 Å². The molecule has 19 heavy (non-hydrogen) atoms. The fourth-order valence-electron chi connectivity index (χ4n) is 1.50. The Hall–Kier alpha value is -1.59. The maximum absolute atomic E-state index is 13.0. The van der Waals surface area contributed by atoms with Gasteiger partial charge in [-0.3, -0.25) is 4.79 Å². The SMILES string of the molecule is Nc1cc(NC(=O)c2cccc(Br)c2Cl)ccc1F. The molecule has 0 heterocycles. The van der Waals surface area contributed by atoms with Crippen molar-refractivity contribution in [1.82, 2.24) is 0 Å². The second kappa shape index (κ2) is 5.59. The third-order valence-corrected chi connectivity index (χ3v) is 3.75. The molecule has 6 heteroatoms. The van der Waals surface area contributed by atoms with E-state index in [0.717, 1.165) is 0 Å². The van der Waals surface area contributed by atoms with E-state index in [9.17, 15) is 9.18 Å². The molecule has 2 aromatic rings. The smallest absolute Gasteiger partial charge is 0.257 e. The molecule has 0 radical (unpaired) electrons. The van der Waals surface area contributed by atoms with Gasteiger partial charge in [-0.1, -0.05) is 17.7 Å². The molecule has 3 N–H and O–H groups in total. The highest BCUT2D eigenvalue weighted by atomic mass is 79.9. The Morgan fingerprint density at radius 3 is 2.74 bits per heavy atom. The fraction of sp³-hybridized carbons (Fsp3) is 0. The van der Waals surface area contributed by atoms with E-state index in [1.54, 1.807) is 18.2 Å². The summed E-state index contributed by atoms with van der Waals surface area (Å²) in [5, 5.41) is 2.92. The molecule has 0 aliphatic heterocycles. The number of benzene rings is 2. The topological polar surface area (TPSA) is 55.1 Å². The Labute approximate surface area is 122 Å². The number of nitrogen functional groups attached to an aromatic ring is 1. The molecule has 0 saturated carbocycles. The first-order chi connectivity index (χ1) is 8.99. The molecule has 0 aliphatic carbocycles. The van der Waals surface area contributed by atoms with Gasteiger partial charge < -0.3 is 11.1 Å². The zero-order valence-corrected chi connectivity index (χ0v) is 11.9. The molecule has 0 bridgehead atoms. The minimum absolute atomic E-state index is 0.0295. The molecule has 0 fully saturated rings. The van der Waals surface area contributed by atoms with Crippen molar-refractivity contribution in [2.75, 3.05) is 11.1 Å². The Balaban J connectivity index is 2.26. The summed E-state index contributed by atoms with van der Waals surface area (Å²) in [5.41, 5.74) is 6.12. The van der Waals surface area contributed by atoms with Crippen molar-refractivity contribution in [3.63, 3.8) is 0 Å². The number of rotatable bonds is 2. The lowest BCUT2D eigenvalue weighted by molar-refractivity contribution is 0.102. The lowest BCUT2D eigenvalue weighted by Gasteiger charge is -2.08. The molecule has 2 rings (SSSR count). The van der Waals surface area contributed by atoms with E-state index in [2.05, 4.69) is 21.2 Å². The van der Waals surface area contributed by atoms with Crippen molar-refractivity contribution in [1.29, 1.82) is 0 Å². The number of nitrogens with two attached hydrogens (primary N) is 1. The normalized spacial score (nSPS) is 10.3. The van der Waals surface area contributed by atoms with E-state index in [1.807, 2.05) is 0 Å². The number of nitrogens with one attached hydrogen (secondary N) is 1. The Morgan fingerprint density at radius 2 is 2.05 bits per heavy atom. The lowest BCUT2D eigenvalue weighted by atomic mass is 10.2. The number of halogens is 3. The van der Waals surface area contributed by atoms with Crippen molar-refractivity contribution in [2.45, 2.75) is 0 Å². The lowest BCUT2D eigenvalue weighted by Crippen LogP contribution is -2.12. The monoisotopic (exact) mass is 342 g/mol. The maximum Gasteiger partial charge on any atom is 0.257 e. The highest BCUT2D eigenvalue weighted by Gasteiger charge is 2.13. The van der Waals surface area contributed by atoms with E-state index < -0.39 is 11.7 Å². The number of hydrogen-bond acceptors (Lipinski definition) is 2. The number of hydrogen-bond donors (Lipinski definition) is 2. The van der Waals surface area contributed by atoms with Crippen LogP contribution in [0.15, 0.2) is 40.9 Å². The van der Waals surface area contributed by atoms with Crippen LogP contribution in [-0.2, 0) is 0 Å². The van der Waals surface area contributed by atoms with Gasteiger partial charge >= 0.3 is 0 Å². The molecular formula is C13H9BrClFN2O. The molecule has 0 spiro atoms. The second-order valence-corrected chi connectivity index (χ2v) is 5.02. The summed E-state index contributed by atoms with van der Waals surface area (Å²) in [6.45, 7) is 0.